The third-order valence-electron chi connectivity index (χ3n) is 2.07. The molecule has 0 bridgehead atoms. The van der Waals surface area contributed by atoms with Crippen LogP contribution in [0.3, 0.4) is 0 Å². The summed E-state index contributed by atoms with van der Waals surface area (Å²) in [6.45, 7) is 4.21. The first-order valence-electron chi connectivity index (χ1n) is 4.13. The van der Waals surface area contributed by atoms with E-state index in [0.29, 0.717) is 0 Å². The number of hydrogen-bond acceptors (Lipinski definition) is 3. The Balaban J connectivity index is 0.000000292. The van der Waals surface area contributed by atoms with Crippen LogP contribution in [0.25, 0.3) is 0 Å². The molecule has 0 amide bonds. The topological polar surface area (TPSA) is 58.2 Å². The maximum Gasteiger partial charge on any atom is 0.253 e. The van der Waals surface area contributed by atoms with E-state index in [1.54, 1.807) is 0 Å². The monoisotopic (exact) mass is 200 g/mol. The number of carboxylic acid groups (broad SMARTS) is 1. The fourth-order valence-corrected chi connectivity index (χ4v) is 0.952. The van der Waals surface area contributed by atoms with Gasteiger partial charge in [0.25, 0.3) is 12.0 Å². The maximum atomic E-state index is 9.03. The highest BCUT2D eigenvalue weighted by Gasteiger charge is 2.07. The van der Waals surface area contributed by atoms with Crippen molar-refractivity contribution in [3.05, 3.63) is 17.7 Å². The molecular weight excluding hydrogens is 184 g/mol. The summed E-state index contributed by atoms with van der Waals surface area (Å²) in [5.74, 6) is 1.28. The fourth-order valence-electron chi connectivity index (χ4n) is 0.952. The van der Waals surface area contributed by atoms with Gasteiger partial charge in [0, 0.05) is 21.0 Å². The van der Waals surface area contributed by atoms with Gasteiger partial charge in [0.2, 0.25) is 0 Å². The lowest BCUT2D eigenvalue weighted by Crippen LogP contribution is -2.29. The van der Waals surface area contributed by atoms with Gasteiger partial charge >= 0.3 is 0 Å². The Bertz CT molecular complexity index is 296. The molecule has 1 rings (SSSR count). The summed E-state index contributed by atoms with van der Waals surface area (Å²) in [4.78, 5) is 9.03. The Morgan fingerprint density at radius 3 is 2.07 bits per heavy atom. The summed E-state index contributed by atoms with van der Waals surface area (Å²) in [5, 5.41) is 9.03. The Hall–Kier alpha value is -1.52. The van der Waals surface area contributed by atoms with Crippen LogP contribution in [-0.2, 0) is 18.8 Å². The van der Waals surface area contributed by atoms with Gasteiger partial charge in [-0.3, -0.25) is 0 Å². The second-order valence-electron chi connectivity index (χ2n) is 2.94. The van der Waals surface area contributed by atoms with E-state index in [2.05, 4.69) is 48.0 Å². The zero-order valence-electron chi connectivity index (χ0n) is 9.20. The average Bonchev–Trinajstić information content (AvgIpc) is 2.34. The molecule has 0 aliphatic heterocycles. The van der Waals surface area contributed by atoms with E-state index in [1.165, 1.54) is 11.5 Å². The van der Waals surface area contributed by atoms with E-state index in [0.717, 1.165) is 7.11 Å². The van der Waals surface area contributed by atoms with Gasteiger partial charge in [0.05, 0.1) is 14.1 Å². The predicted octanol–water partition coefficient (Wildman–Crippen LogP) is -0.557. The van der Waals surface area contributed by atoms with Gasteiger partial charge in [-0.1, -0.05) is 0 Å². The zero-order chi connectivity index (χ0) is 11.3. The lowest BCUT2D eigenvalue weighted by Gasteiger charge is -1.92. The number of carbonyl (C=O) groups is 1. The first-order valence-corrected chi connectivity index (χ1v) is 4.13. The van der Waals surface area contributed by atoms with Crippen molar-refractivity contribution >= 4 is 6.16 Å². The number of carbonyl (C=O) groups excluding carboxylic acids is 1. The molecule has 5 nitrogen and oxygen atoms in total. The molecule has 80 valence electrons. The van der Waals surface area contributed by atoms with Crippen molar-refractivity contribution in [2.24, 2.45) is 14.1 Å². The molecule has 1 aromatic heterocycles. The van der Waals surface area contributed by atoms with E-state index in [4.69, 9.17) is 9.90 Å². The third-order valence-corrected chi connectivity index (χ3v) is 2.07. The standard InChI is InChI=1S/C7H13N2.C2H4O3/c1-6-5-8(3)7(2)9(6)4;1-5-2(3)4/h5H,1-4H3;1H3,(H,3,4)/q+1;/p-1. The summed E-state index contributed by atoms with van der Waals surface area (Å²) in [6, 6.07) is 0. The van der Waals surface area contributed by atoms with Crippen molar-refractivity contribution in [3.63, 3.8) is 0 Å². The van der Waals surface area contributed by atoms with Crippen LogP contribution in [0.1, 0.15) is 11.5 Å². The summed E-state index contributed by atoms with van der Waals surface area (Å²) < 4.78 is 7.84. The van der Waals surface area contributed by atoms with Crippen LogP contribution in [-0.4, -0.2) is 17.8 Å². The van der Waals surface area contributed by atoms with Crippen LogP contribution < -0.4 is 9.67 Å². The van der Waals surface area contributed by atoms with Gasteiger partial charge in [-0.25, -0.2) is 9.13 Å². The van der Waals surface area contributed by atoms with Crippen molar-refractivity contribution in [1.82, 2.24) is 4.57 Å². The molecule has 0 spiro atoms. The van der Waals surface area contributed by atoms with E-state index >= 15 is 0 Å². The fraction of sp³-hybridized carbons (Fsp3) is 0.556. The molecule has 0 saturated carbocycles. The summed E-state index contributed by atoms with van der Waals surface area (Å²) in [5.41, 5.74) is 1.30. The van der Waals surface area contributed by atoms with Gasteiger partial charge < -0.3 is 14.6 Å². The number of aromatic nitrogens is 2. The molecule has 0 aliphatic carbocycles. The van der Waals surface area contributed by atoms with Crippen molar-refractivity contribution < 1.29 is 19.2 Å². The van der Waals surface area contributed by atoms with Crippen LogP contribution >= 0.6 is 0 Å². The summed E-state index contributed by atoms with van der Waals surface area (Å²) in [7, 11) is 5.17. The first-order chi connectivity index (χ1) is 6.40. The van der Waals surface area contributed by atoms with E-state index in [9.17, 15) is 0 Å². The van der Waals surface area contributed by atoms with Gasteiger partial charge in [0.1, 0.15) is 11.9 Å². The van der Waals surface area contributed by atoms with Gasteiger partial charge in [-0.2, -0.15) is 0 Å². The van der Waals surface area contributed by atoms with Crippen LogP contribution in [0.5, 0.6) is 0 Å². The summed E-state index contributed by atoms with van der Waals surface area (Å²) >= 11 is 0. The maximum absolute atomic E-state index is 9.03. The largest absolute Gasteiger partial charge is 0.553 e. The molecule has 0 fully saturated rings. The highest BCUT2D eigenvalue weighted by molar-refractivity contribution is 5.53. The highest BCUT2D eigenvalue weighted by Crippen LogP contribution is 1.94. The number of aryl methyl sites for hydroxylation is 2. The molecule has 0 N–H and O–H groups in total. The molecule has 0 saturated heterocycles. The lowest BCUT2D eigenvalue weighted by molar-refractivity contribution is -0.677. The molecule has 1 heterocycles. The molecule has 0 unspecified atom stereocenters. The number of imidazole rings is 1. The normalized spacial score (nSPS) is 8.93. The second kappa shape index (κ2) is 5.26. The van der Waals surface area contributed by atoms with E-state index in [-0.39, 0.29) is 0 Å². The lowest BCUT2D eigenvalue weighted by atomic mass is 10.5. The molecule has 0 aromatic carbocycles. The number of nitrogens with zero attached hydrogens (tertiary/aromatic N) is 2. The minimum Gasteiger partial charge on any atom is -0.553 e. The Kier molecular flexibility index (Phi) is 4.69. The van der Waals surface area contributed by atoms with Crippen LogP contribution in [0.15, 0.2) is 6.20 Å². The predicted molar refractivity (Wildman–Crippen MR) is 48.5 cm³/mol. The van der Waals surface area contributed by atoms with Crippen LogP contribution in [0, 0.1) is 13.8 Å². The van der Waals surface area contributed by atoms with E-state index in [1.807, 2.05) is 0 Å². The SMILES string of the molecule is COC(=O)[O-].Cc1c[n+](C)c(C)n1C. The minimum absolute atomic E-state index is 1.04. The quantitative estimate of drug-likeness (QED) is 0.417. The summed E-state index contributed by atoms with van der Waals surface area (Å²) in [6.07, 6.45) is 0.625. The molecule has 0 radical (unpaired) electrons. The minimum atomic E-state index is -1.50. The average molecular weight is 200 g/mol. The Morgan fingerprint density at radius 1 is 1.57 bits per heavy atom. The van der Waals surface area contributed by atoms with Crippen molar-refractivity contribution in [1.29, 1.82) is 0 Å². The molecule has 5 heteroatoms. The second-order valence-corrected chi connectivity index (χ2v) is 2.94. The van der Waals surface area contributed by atoms with E-state index < -0.39 is 6.16 Å². The molecular formula is C9H16N2O3. The van der Waals surface area contributed by atoms with Gasteiger partial charge in [-0.05, 0) is 0 Å². The highest BCUT2D eigenvalue weighted by atomic mass is 16.6. The number of hydrogen-bond donors (Lipinski definition) is 0. The number of methoxy groups -OCH3 is 1. The van der Waals surface area contributed by atoms with Crippen LogP contribution in [0.4, 0.5) is 4.79 Å². The van der Waals surface area contributed by atoms with Crippen molar-refractivity contribution in [2.45, 2.75) is 13.8 Å². The third kappa shape index (κ3) is 3.47. The molecule has 1 aromatic rings. The Morgan fingerprint density at radius 2 is 2.00 bits per heavy atom. The Labute approximate surface area is 83.5 Å². The molecule has 14 heavy (non-hydrogen) atoms. The molecule has 0 aliphatic rings. The first kappa shape index (κ1) is 12.5. The molecule has 0 atom stereocenters. The van der Waals surface area contributed by atoms with Crippen LogP contribution in [0.2, 0.25) is 0 Å². The number of ether oxygens (including phenoxy) is 1. The van der Waals surface area contributed by atoms with Crippen molar-refractivity contribution in [2.75, 3.05) is 7.11 Å². The van der Waals surface area contributed by atoms with Gasteiger partial charge in [0.15, 0.2) is 0 Å². The smallest absolute Gasteiger partial charge is 0.253 e. The van der Waals surface area contributed by atoms with Crippen molar-refractivity contribution in [3.8, 4) is 0 Å². The zero-order valence-corrected chi connectivity index (χ0v) is 9.20. The van der Waals surface area contributed by atoms with Gasteiger partial charge in [-0.15, -0.1) is 0 Å². The number of rotatable bonds is 0.